The topological polar surface area (TPSA) is 64.1 Å². The normalized spacial score (nSPS) is 10.2. The Kier molecular flexibility index (Phi) is 4.46. The number of hydrogen-bond acceptors (Lipinski definition) is 6. The number of nitrogens with zero attached hydrogens (tertiary/aromatic N) is 2. The average molecular weight is 277 g/mol. The number of pyridine rings is 1. The van der Waals surface area contributed by atoms with Crippen LogP contribution in [0.1, 0.15) is 21.7 Å². The van der Waals surface area contributed by atoms with Crippen molar-refractivity contribution in [1.29, 1.82) is 0 Å². The zero-order valence-electron chi connectivity index (χ0n) is 10.8. The molecule has 0 aliphatic rings. The quantitative estimate of drug-likeness (QED) is 0.849. The molecule has 0 bridgehead atoms. The lowest BCUT2D eigenvalue weighted by atomic mass is 10.2. The number of nitrogens with one attached hydrogen (secondary N) is 1. The van der Waals surface area contributed by atoms with E-state index in [-0.39, 0.29) is 5.97 Å². The minimum absolute atomic E-state index is 0.362. The van der Waals surface area contributed by atoms with Crippen LogP contribution in [-0.4, -0.2) is 29.6 Å². The Balaban J connectivity index is 1.94. The van der Waals surface area contributed by atoms with Crippen LogP contribution in [-0.2, 0) is 11.2 Å². The van der Waals surface area contributed by atoms with Gasteiger partial charge >= 0.3 is 5.97 Å². The number of esters is 1. The smallest absolute Gasteiger partial charge is 0.339 e. The van der Waals surface area contributed by atoms with E-state index in [0.717, 1.165) is 24.5 Å². The molecule has 0 aliphatic carbocycles. The Hall–Kier alpha value is -1.95. The Labute approximate surface area is 115 Å². The van der Waals surface area contributed by atoms with Gasteiger partial charge in [0.15, 0.2) is 0 Å². The van der Waals surface area contributed by atoms with Gasteiger partial charge in [-0.15, -0.1) is 11.3 Å². The fourth-order valence-corrected chi connectivity index (χ4v) is 2.26. The highest BCUT2D eigenvalue weighted by molar-refractivity contribution is 7.07. The van der Waals surface area contributed by atoms with Gasteiger partial charge in [0.05, 0.1) is 29.6 Å². The highest BCUT2D eigenvalue weighted by Gasteiger charge is 2.10. The van der Waals surface area contributed by atoms with Crippen molar-refractivity contribution in [2.45, 2.75) is 13.3 Å². The van der Waals surface area contributed by atoms with Crippen LogP contribution in [0.5, 0.6) is 0 Å². The van der Waals surface area contributed by atoms with Gasteiger partial charge in [-0.05, 0) is 19.1 Å². The summed E-state index contributed by atoms with van der Waals surface area (Å²) in [5.74, 6) is 0.388. The van der Waals surface area contributed by atoms with Crippen LogP contribution in [0.4, 0.5) is 5.82 Å². The van der Waals surface area contributed by atoms with Crippen molar-refractivity contribution in [3.63, 3.8) is 0 Å². The van der Waals surface area contributed by atoms with E-state index < -0.39 is 0 Å². The predicted octanol–water partition coefficient (Wildman–Crippen LogP) is 2.29. The van der Waals surface area contributed by atoms with Crippen molar-refractivity contribution in [2.75, 3.05) is 19.0 Å². The van der Waals surface area contributed by atoms with Gasteiger partial charge < -0.3 is 10.1 Å². The van der Waals surface area contributed by atoms with Crippen LogP contribution in [0.15, 0.2) is 23.0 Å². The number of methoxy groups -OCH3 is 1. The van der Waals surface area contributed by atoms with Crippen molar-refractivity contribution in [2.24, 2.45) is 0 Å². The van der Waals surface area contributed by atoms with Crippen LogP contribution in [0.3, 0.4) is 0 Å². The maximum Gasteiger partial charge on any atom is 0.339 e. The highest BCUT2D eigenvalue weighted by Crippen LogP contribution is 2.12. The lowest BCUT2D eigenvalue weighted by Crippen LogP contribution is -2.10. The molecule has 0 saturated carbocycles. The molecule has 0 aliphatic heterocycles. The Bertz CT molecular complexity index is 555. The first-order chi connectivity index (χ1) is 9.20. The molecule has 1 N–H and O–H groups in total. The third-order valence-corrected chi connectivity index (χ3v) is 3.30. The Morgan fingerprint density at radius 3 is 2.95 bits per heavy atom. The maximum atomic E-state index is 11.4. The number of aryl methyl sites for hydroxylation is 1. The molecular weight excluding hydrogens is 262 g/mol. The van der Waals surface area contributed by atoms with Crippen LogP contribution in [0.25, 0.3) is 0 Å². The lowest BCUT2D eigenvalue weighted by molar-refractivity contribution is 0.0599. The molecule has 5 nitrogen and oxygen atoms in total. The molecule has 0 aromatic carbocycles. The van der Waals surface area contributed by atoms with Gasteiger partial charge in [-0.1, -0.05) is 0 Å². The average Bonchev–Trinajstić information content (AvgIpc) is 2.91. The number of thiazole rings is 1. The maximum absolute atomic E-state index is 11.4. The lowest BCUT2D eigenvalue weighted by Gasteiger charge is -2.08. The summed E-state index contributed by atoms with van der Waals surface area (Å²) in [7, 11) is 1.36. The molecule has 2 rings (SSSR count). The summed E-state index contributed by atoms with van der Waals surface area (Å²) in [6, 6.07) is 3.50. The van der Waals surface area contributed by atoms with E-state index in [0.29, 0.717) is 11.3 Å². The number of hydrogen-bond donors (Lipinski definition) is 1. The number of carbonyl (C=O) groups is 1. The van der Waals surface area contributed by atoms with E-state index in [4.69, 9.17) is 0 Å². The van der Waals surface area contributed by atoms with Crippen molar-refractivity contribution in [1.82, 2.24) is 9.97 Å². The second kappa shape index (κ2) is 6.29. The summed E-state index contributed by atoms with van der Waals surface area (Å²) >= 11 is 1.59. The van der Waals surface area contributed by atoms with Crippen LogP contribution >= 0.6 is 11.3 Å². The van der Waals surface area contributed by atoms with Gasteiger partial charge in [-0.25, -0.2) is 14.8 Å². The first-order valence-electron chi connectivity index (χ1n) is 5.87. The van der Waals surface area contributed by atoms with Gasteiger partial charge in [-0.2, -0.15) is 0 Å². The van der Waals surface area contributed by atoms with E-state index in [1.165, 1.54) is 7.11 Å². The van der Waals surface area contributed by atoms with E-state index in [1.54, 1.807) is 30.4 Å². The largest absolute Gasteiger partial charge is 0.465 e. The number of aromatic nitrogens is 2. The zero-order valence-corrected chi connectivity index (χ0v) is 11.7. The van der Waals surface area contributed by atoms with E-state index in [9.17, 15) is 4.79 Å². The van der Waals surface area contributed by atoms with E-state index in [2.05, 4.69) is 20.0 Å². The van der Waals surface area contributed by atoms with Crippen molar-refractivity contribution in [3.8, 4) is 0 Å². The fourth-order valence-electron chi connectivity index (χ4n) is 1.66. The third kappa shape index (κ3) is 3.51. The van der Waals surface area contributed by atoms with Crippen molar-refractivity contribution >= 4 is 23.1 Å². The summed E-state index contributed by atoms with van der Waals surface area (Å²) in [5.41, 5.74) is 4.04. The molecule has 19 heavy (non-hydrogen) atoms. The Morgan fingerprint density at radius 1 is 1.47 bits per heavy atom. The standard InChI is InChI=1S/C13H15N3O2S/c1-9-11(13(17)18-2)3-4-12(16-9)14-6-5-10-7-19-8-15-10/h3-4,7-8H,5-6H2,1-2H3,(H,14,16). The molecule has 100 valence electrons. The summed E-state index contributed by atoms with van der Waals surface area (Å²) in [5, 5.41) is 5.24. The first-order valence-corrected chi connectivity index (χ1v) is 6.82. The SMILES string of the molecule is COC(=O)c1ccc(NCCc2cscn2)nc1C. The number of rotatable bonds is 5. The van der Waals surface area contributed by atoms with E-state index >= 15 is 0 Å². The minimum Gasteiger partial charge on any atom is -0.465 e. The first kappa shape index (κ1) is 13.5. The van der Waals surface area contributed by atoms with Crippen LogP contribution < -0.4 is 5.32 Å². The molecule has 0 radical (unpaired) electrons. The molecule has 0 amide bonds. The number of carbonyl (C=O) groups excluding carboxylic acids is 1. The highest BCUT2D eigenvalue weighted by atomic mass is 32.1. The molecule has 2 aromatic rings. The zero-order chi connectivity index (χ0) is 13.7. The van der Waals surface area contributed by atoms with Crippen molar-refractivity contribution in [3.05, 3.63) is 40.0 Å². The fraction of sp³-hybridized carbons (Fsp3) is 0.308. The molecular formula is C13H15N3O2S. The number of ether oxygens (including phenoxy) is 1. The second-order valence-electron chi connectivity index (χ2n) is 3.98. The van der Waals surface area contributed by atoms with Gasteiger partial charge in [0.25, 0.3) is 0 Å². The Morgan fingerprint density at radius 2 is 2.32 bits per heavy atom. The molecule has 0 spiro atoms. The third-order valence-electron chi connectivity index (χ3n) is 2.66. The minimum atomic E-state index is -0.362. The van der Waals surface area contributed by atoms with Gasteiger partial charge in [0.1, 0.15) is 5.82 Å². The van der Waals surface area contributed by atoms with Gasteiger partial charge in [0.2, 0.25) is 0 Å². The van der Waals surface area contributed by atoms with Crippen LogP contribution in [0.2, 0.25) is 0 Å². The summed E-state index contributed by atoms with van der Waals surface area (Å²) in [4.78, 5) is 20.0. The molecule has 0 saturated heterocycles. The number of anilines is 1. The summed E-state index contributed by atoms with van der Waals surface area (Å²) in [6.07, 6.45) is 0.850. The predicted molar refractivity (Wildman–Crippen MR) is 74.6 cm³/mol. The van der Waals surface area contributed by atoms with Gasteiger partial charge in [-0.3, -0.25) is 0 Å². The summed E-state index contributed by atoms with van der Waals surface area (Å²) < 4.78 is 4.68. The van der Waals surface area contributed by atoms with Crippen LogP contribution in [0, 0.1) is 6.92 Å². The molecule has 2 heterocycles. The van der Waals surface area contributed by atoms with Crippen molar-refractivity contribution < 1.29 is 9.53 Å². The van der Waals surface area contributed by atoms with E-state index in [1.807, 2.05) is 10.9 Å². The monoisotopic (exact) mass is 277 g/mol. The molecule has 6 heteroatoms. The molecule has 0 atom stereocenters. The molecule has 0 fully saturated rings. The molecule has 0 unspecified atom stereocenters. The summed E-state index contributed by atoms with van der Waals surface area (Å²) in [6.45, 7) is 2.55. The molecule has 2 aromatic heterocycles. The van der Waals surface area contributed by atoms with Gasteiger partial charge in [0, 0.05) is 18.3 Å². The second-order valence-corrected chi connectivity index (χ2v) is 4.70.